The first-order valence-corrected chi connectivity index (χ1v) is 13.8. The van der Waals surface area contributed by atoms with Crippen LogP contribution < -0.4 is 5.56 Å². The monoisotopic (exact) mass is 544 g/mol. The SMILES string of the molecule is Cc1ccc(C)c2[nH]c(=O)c([C@@H](c3nnnn3CCc3ccccc3)N(Cc3ccccc3)Cc3ccco3)cc12. The lowest BCUT2D eigenvalue weighted by Gasteiger charge is -2.30. The molecule has 0 bridgehead atoms. The Balaban J connectivity index is 1.50. The second-order valence-electron chi connectivity index (χ2n) is 10.4. The molecule has 0 unspecified atom stereocenters. The quantitative estimate of drug-likeness (QED) is 0.236. The van der Waals surface area contributed by atoms with E-state index >= 15 is 0 Å². The van der Waals surface area contributed by atoms with Crippen LogP contribution in [0.3, 0.4) is 0 Å². The Morgan fingerprint density at radius 3 is 2.34 bits per heavy atom. The molecule has 0 amide bonds. The van der Waals surface area contributed by atoms with E-state index < -0.39 is 6.04 Å². The number of hydrogen-bond donors (Lipinski definition) is 1. The van der Waals surface area contributed by atoms with Gasteiger partial charge in [-0.25, -0.2) is 4.68 Å². The highest BCUT2D eigenvalue weighted by Gasteiger charge is 2.31. The van der Waals surface area contributed by atoms with Crippen LogP contribution in [-0.4, -0.2) is 30.1 Å². The van der Waals surface area contributed by atoms with Gasteiger partial charge in [0.05, 0.1) is 18.3 Å². The van der Waals surface area contributed by atoms with Crippen LogP contribution in [-0.2, 0) is 26.1 Å². The number of nitrogens with one attached hydrogen (secondary N) is 1. The summed E-state index contributed by atoms with van der Waals surface area (Å²) in [5, 5.41) is 14.0. The molecule has 1 N–H and O–H groups in total. The molecule has 0 aliphatic heterocycles. The van der Waals surface area contributed by atoms with E-state index in [4.69, 9.17) is 4.42 Å². The number of hydrogen-bond acceptors (Lipinski definition) is 6. The van der Waals surface area contributed by atoms with Gasteiger partial charge in [0.15, 0.2) is 5.82 Å². The van der Waals surface area contributed by atoms with Gasteiger partial charge in [0.25, 0.3) is 5.56 Å². The minimum atomic E-state index is -0.542. The summed E-state index contributed by atoms with van der Waals surface area (Å²) in [4.78, 5) is 19.3. The molecule has 1 atom stereocenters. The van der Waals surface area contributed by atoms with Crippen molar-refractivity contribution in [1.82, 2.24) is 30.1 Å². The summed E-state index contributed by atoms with van der Waals surface area (Å²) in [5.41, 5.74) is 5.69. The number of H-pyrrole nitrogens is 1. The normalized spacial score (nSPS) is 12.3. The number of aromatic nitrogens is 5. The first kappa shape index (κ1) is 26.4. The number of furan rings is 1. The van der Waals surface area contributed by atoms with E-state index in [2.05, 4.69) is 62.7 Å². The van der Waals surface area contributed by atoms with E-state index in [9.17, 15) is 4.79 Å². The zero-order chi connectivity index (χ0) is 28.2. The van der Waals surface area contributed by atoms with Crippen molar-refractivity contribution in [2.24, 2.45) is 0 Å². The van der Waals surface area contributed by atoms with Gasteiger partial charge in [-0.1, -0.05) is 72.8 Å². The van der Waals surface area contributed by atoms with Gasteiger partial charge >= 0.3 is 0 Å². The number of benzene rings is 3. The Morgan fingerprint density at radius 2 is 1.61 bits per heavy atom. The van der Waals surface area contributed by atoms with Crippen molar-refractivity contribution in [3.63, 3.8) is 0 Å². The number of fused-ring (bicyclic) bond motifs is 1. The molecule has 206 valence electrons. The van der Waals surface area contributed by atoms with Crippen molar-refractivity contribution in [2.45, 2.75) is 45.9 Å². The minimum absolute atomic E-state index is 0.161. The minimum Gasteiger partial charge on any atom is -0.468 e. The average molecular weight is 545 g/mol. The third-order valence-corrected chi connectivity index (χ3v) is 7.56. The second-order valence-corrected chi connectivity index (χ2v) is 10.4. The fourth-order valence-corrected chi connectivity index (χ4v) is 5.40. The standard InChI is InChI=1S/C33H32N6O2/c1-23-15-16-24(2)30-28(23)20-29(33(40)34-30)31(32-35-36-37-39(32)18-17-25-10-5-3-6-11-25)38(22-27-14-9-19-41-27)21-26-12-7-4-8-13-26/h3-16,19-20,31H,17-18,21-22H2,1-2H3,(H,34,40)/t31-/m0/s1. The predicted molar refractivity (Wildman–Crippen MR) is 158 cm³/mol. The van der Waals surface area contributed by atoms with E-state index in [0.717, 1.165) is 39.8 Å². The number of aromatic amines is 1. The van der Waals surface area contributed by atoms with Crippen LogP contribution in [0.1, 0.15) is 45.4 Å². The molecule has 0 saturated heterocycles. The van der Waals surface area contributed by atoms with Crippen LogP contribution in [0, 0.1) is 13.8 Å². The third kappa shape index (κ3) is 5.73. The third-order valence-electron chi connectivity index (χ3n) is 7.56. The van der Waals surface area contributed by atoms with E-state index in [1.54, 1.807) is 6.26 Å². The van der Waals surface area contributed by atoms with Crippen molar-refractivity contribution < 1.29 is 4.42 Å². The van der Waals surface area contributed by atoms with Crippen LogP contribution >= 0.6 is 0 Å². The van der Waals surface area contributed by atoms with Crippen molar-refractivity contribution in [3.05, 3.63) is 147 Å². The molecule has 0 spiro atoms. The summed E-state index contributed by atoms with van der Waals surface area (Å²) >= 11 is 0. The molecular weight excluding hydrogens is 512 g/mol. The molecule has 6 aromatic rings. The molecule has 0 saturated carbocycles. The van der Waals surface area contributed by atoms with E-state index in [1.807, 2.05) is 72.3 Å². The fraction of sp³-hybridized carbons (Fsp3) is 0.212. The molecule has 3 aromatic heterocycles. The average Bonchev–Trinajstić information content (AvgIpc) is 3.68. The lowest BCUT2D eigenvalue weighted by Crippen LogP contribution is -2.35. The van der Waals surface area contributed by atoms with Gasteiger partial charge in [0.2, 0.25) is 0 Å². The molecule has 6 rings (SSSR count). The Hall–Kier alpha value is -4.82. The number of tetrazole rings is 1. The maximum Gasteiger partial charge on any atom is 0.253 e. The van der Waals surface area contributed by atoms with Crippen molar-refractivity contribution in [1.29, 1.82) is 0 Å². The molecule has 8 nitrogen and oxygen atoms in total. The summed E-state index contributed by atoms with van der Waals surface area (Å²) in [7, 11) is 0. The Bertz CT molecular complexity index is 1790. The first-order valence-electron chi connectivity index (χ1n) is 13.8. The van der Waals surface area contributed by atoms with Crippen molar-refractivity contribution in [3.8, 4) is 0 Å². The van der Waals surface area contributed by atoms with Gasteiger partial charge in [0.1, 0.15) is 11.8 Å². The van der Waals surface area contributed by atoms with E-state index in [-0.39, 0.29) is 5.56 Å². The highest BCUT2D eigenvalue weighted by molar-refractivity contribution is 5.85. The van der Waals surface area contributed by atoms with E-state index in [0.29, 0.717) is 31.0 Å². The van der Waals surface area contributed by atoms with Gasteiger partial charge in [-0.3, -0.25) is 9.69 Å². The van der Waals surface area contributed by atoms with Gasteiger partial charge in [0, 0.05) is 24.0 Å². The summed E-state index contributed by atoms with van der Waals surface area (Å²) in [5.74, 6) is 1.40. The number of rotatable bonds is 10. The van der Waals surface area contributed by atoms with Crippen molar-refractivity contribution in [2.75, 3.05) is 0 Å². The lowest BCUT2D eigenvalue weighted by molar-refractivity contribution is 0.178. The largest absolute Gasteiger partial charge is 0.468 e. The van der Waals surface area contributed by atoms with Crippen LogP contribution in [0.15, 0.2) is 106 Å². The molecule has 0 aliphatic carbocycles. The zero-order valence-corrected chi connectivity index (χ0v) is 23.2. The summed E-state index contributed by atoms with van der Waals surface area (Å²) in [6.45, 7) is 5.67. The molecule has 0 radical (unpaired) electrons. The molecule has 3 heterocycles. The summed E-state index contributed by atoms with van der Waals surface area (Å²) in [6.07, 6.45) is 2.43. The Labute approximate surface area is 238 Å². The Kier molecular flexibility index (Phi) is 7.56. The topological polar surface area (TPSA) is 92.8 Å². The maximum absolute atomic E-state index is 13.9. The van der Waals surface area contributed by atoms with Gasteiger partial charge in [-0.2, -0.15) is 0 Å². The summed E-state index contributed by atoms with van der Waals surface area (Å²) in [6, 6.07) is 29.9. The molecule has 8 heteroatoms. The predicted octanol–water partition coefficient (Wildman–Crippen LogP) is 5.76. The highest BCUT2D eigenvalue weighted by Crippen LogP contribution is 2.31. The Morgan fingerprint density at radius 1 is 0.878 bits per heavy atom. The van der Waals surface area contributed by atoms with Crippen LogP contribution in [0.5, 0.6) is 0 Å². The second kappa shape index (κ2) is 11.7. The first-order chi connectivity index (χ1) is 20.1. The fourth-order valence-electron chi connectivity index (χ4n) is 5.40. The lowest BCUT2D eigenvalue weighted by atomic mass is 9.99. The molecular formula is C33H32N6O2. The molecule has 41 heavy (non-hydrogen) atoms. The van der Waals surface area contributed by atoms with Gasteiger partial charge < -0.3 is 9.40 Å². The number of aryl methyl sites for hydroxylation is 4. The van der Waals surface area contributed by atoms with Crippen LogP contribution in [0.25, 0.3) is 10.9 Å². The zero-order valence-electron chi connectivity index (χ0n) is 23.2. The summed E-state index contributed by atoms with van der Waals surface area (Å²) < 4.78 is 7.61. The smallest absolute Gasteiger partial charge is 0.253 e. The molecule has 3 aromatic carbocycles. The van der Waals surface area contributed by atoms with Crippen LogP contribution in [0.2, 0.25) is 0 Å². The maximum atomic E-state index is 13.9. The highest BCUT2D eigenvalue weighted by atomic mass is 16.3. The van der Waals surface area contributed by atoms with Gasteiger partial charge in [-0.15, -0.1) is 5.10 Å². The molecule has 0 aliphatic rings. The molecule has 0 fully saturated rings. The van der Waals surface area contributed by atoms with Crippen LogP contribution in [0.4, 0.5) is 0 Å². The van der Waals surface area contributed by atoms with E-state index in [1.165, 1.54) is 5.56 Å². The number of pyridine rings is 1. The van der Waals surface area contributed by atoms with Gasteiger partial charge in [-0.05, 0) is 71.1 Å². The number of nitrogens with zero attached hydrogens (tertiary/aromatic N) is 5. The van der Waals surface area contributed by atoms with Crippen molar-refractivity contribution >= 4 is 10.9 Å².